The van der Waals surface area contributed by atoms with Crippen molar-refractivity contribution >= 4 is 17.7 Å². The first-order chi connectivity index (χ1) is 13.0. The molecule has 0 N–H and O–H groups in total. The second-order valence-corrected chi connectivity index (χ2v) is 6.62. The van der Waals surface area contributed by atoms with E-state index in [-0.39, 0.29) is 11.9 Å². The van der Waals surface area contributed by atoms with Crippen LogP contribution in [0, 0.1) is 6.92 Å². The van der Waals surface area contributed by atoms with E-state index in [2.05, 4.69) is 16.8 Å². The van der Waals surface area contributed by atoms with Gasteiger partial charge in [-0.05, 0) is 43.2 Å². The molecule has 0 radical (unpaired) electrons. The van der Waals surface area contributed by atoms with E-state index in [1.54, 1.807) is 13.0 Å². The third kappa shape index (κ3) is 4.10. The van der Waals surface area contributed by atoms with E-state index in [4.69, 9.17) is 4.74 Å². The van der Waals surface area contributed by atoms with Crippen molar-refractivity contribution in [3.63, 3.8) is 0 Å². The molecule has 0 spiro atoms. The maximum atomic E-state index is 12.7. The first-order valence-electron chi connectivity index (χ1n) is 9.22. The molecule has 0 unspecified atom stereocenters. The number of piperazine rings is 1. The number of hydrogen-bond donors (Lipinski definition) is 0. The largest absolute Gasteiger partial charge is 0.465 e. The van der Waals surface area contributed by atoms with Gasteiger partial charge in [-0.3, -0.25) is 4.79 Å². The van der Waals surface area contributed by atoms with E-state index in [9.17, 15) is 9.59 Å². The number of aromatic nitrogens is 1. The molecule has 0 saturated carbocycles. The van der Waals surface area contributed by atoms with Gasteiger partial charge in [-0.15, -0.1) is 0 Å². The van der Waals surface area contributed by atoms with Gasteiger partial charge in [-0.25, -0.2) is 9.78 Å². The van der Waals surface area contributed by atoms with E-state index in [1.165, 1.54) is 12.7 Å². The van der Waals surface area contributed by atoms with Crippen LogP contribution in [-0.4, -0.2) is 55.0 Å². The van der Waals surface area contributed by atoms with Crippen LogP contribution < -0.4 is 4.90 Å². The van der Waals surface area contributed by atoms with E-state index >= 15 is 0 Å². The van der Waals surface area contributed by atoms with Crippen molar-refractivity contribution in [1.82, 2.24) is 9.88 Å². The topological polar surface area (TPSA) is 62.7 Å². The third-order valence-corrected chi connectivity index (χ3v) is 4.98. The molecule has 0 aliphatic carbocycles. The molecule has 2 heterocycles. The van der Waals surface area contributed by atoms with Crippen molar-refractivity contribution in [2.45, 2.75) is 20.3 Å². The summed E-state index contributed by atoms with van der Waals surface area (Å²) in [5.41, 5.74) is 3.09. The van der Waals surface area contributed by atoms with E-state index in [0.29, 0.717) is 37.4 Å². The number of carbonyl (C=O) groups is 2. The van der Waals surface area contributed by atoms with Crippen molar-refractivity contribution < 1.29 is 14.3 Å². The average Bonchev–Trinajstić information content (AvgIpc) is 2.72. The fraction of sp³-hybridized carbons (Fsp3) is 0.381. The predicted octanol–water partition coefficient (Wildman–Crippen LogP) is 2.70. The number of aryl methyl sites for hydroxylation is 2. The summed E-state index contributed by atoms with van der Waals surface area (Å²) in [6.45, 7) is 6.62. The van der Waals surface area contributed by atoms with Crippen molar-refractivity contribution in [1.29, 1.82) is 0 Å². The molecule has 1 aliphatic rings. The quantitative estimate of drug-likeness (QED) is 0.778. The summed E-state index contributed by atoms with van der Waals surface area (Å²) in [7, 11) is 1.36. The molecule has 3 rings (SSSR count). The van der Waals surface area contributed by atoms with Crippen molar-refractivity contribution in [3.8, 4) is 0 Å². The van der Waals surface area contributed by atoms with Gasteiger partial charge in [0.05, 0.1) is 18.4 Å². The Morgan fingerprint density at radius 1 is 1.04 bits per heavy atom. The number of benzene rings is 1. The summed E-state index contributed by atoms with van der Waals surface area (Å²) in [6, 6.07) is 11.4. The lowest BCUT2D eigenvalue weighted by Gasteiger charge is -2.35. The molecule has 0 bridgehead atoms. The van der Waals surface area contributed by atoms with E-state index < -0.39 is 0 Å². The fourth-order valence-electron chi connectivity index (χ4n) is 3.25. The summed E-state index contributed by atoms with van der Waals surface area (Å²) < 4.78 is 4.76. The number of nitrogens with zero attached hydrogens (tertiary/aromatic N) is 3. The molecule has 6 heteroatoms. The monoisotopic (exact) mass is 367 g/mol. The van der Waals surface area contributed by atoms with Crippen LogP contribution in [-0.2, 0) is 11.2 Å². The van der Waals surface area contributed by atoms with Gasteiger partial charge < -0.3 is 14.5 Å². The lowest BCUT2D eigenvalue weighted by atomic mass is 10.1. The Balaban J connectivity index is 1.63. The summed E-state index contributed by atoms with van der Waals surface area (Å²) in [4.78, 5) is 32.9. The summed E-state index contributed by atoms with van der Waals surface area (Å²) in [6.07, 6.45) is 0.967. The highest BCUT2D eigenvalue weighted by Crippen LogP contribution is 2.18. The number of esters is 1. The molecule has 1 saturated heterocycles. The van der Waals surface area contributed by atoms with Gasteiger partial charge in [0.25, 0.3) is 5.91 Å². The molecule has 1 aromatic heterocycles. The highest BCUT2D eigenvalue weighted by Gasteiger charge is 2.23. The molecule has 0 atom stereocenters. The second kappa shape index (κ2) is 8.20. The van der Waals surface area contributed by atoms with Crippen LogP contribution in [0.1, 0.15) is 38.9 Å². The SMILES string of the molecule is CCc1ccc(C(=O)N2CCN(c3ccc(C(=O)OC)c(C)n3)CC2)cc1. The zero-order valence-corrected chi connectivity index (χ0v) is 16.1. The Kier molecular flexibility index (Phi) is 5.74. The van der Waals surface area contributed by atoms with Crippen molar-refractivity contribution in [2.75, 3.05) is 38.2 Å². The van der Waals surface area contributed by atoms with Crippen LogP contribution in [0.4, 0.5) is 5.82 Å². The standard InChI is InChI=1S/C21H25N3O3/c1-4-16-5-7-17(8-6-16)20(25)24-13-11-23(12-14-24)19-10-9-18(15(2)22-19)21(26)27-3/h5-10H,4,11-14H2,1-3H3. The van der Waals surface area contributed by atoms with Gasteiger partial charge in [0.15, 0.2) is 0 Å². The Bertz CT molecular complexity index is 825. The Morgan fingerprint density at radius 2 is 1.70 bits per heavy atom. The molecule has 1 amide bonds. The molecule has 27 heavy (non-hydrogen) atoms. The fourth-order valence-corrected chi connectivity index (χ4v) is 3.25. The molecule has 6 nitrogen and oxygen atoms in total. The smallest absolute Gasteiger partial charge is 0.339 e. The van der Waals surface area contributed by atoms with E-state index in [1.807, 2.05) is 35.2 Å². The van der Waals surface area contributed by atoms with Crippen LogP contribution in [0.15, 0.2) is 36.4 Å². The van der Waals surface area contributed by atoms with Gasteiger partial charge in [-0.1, -0.05) is 19.1 Å². The summed E-state index contributed by atoms with van der Waals surface area (Å²) in [5.74, 6) is 0.512. The van der Waals surface area contributed by atoms with Crippen molar-refractivity contribution in [2.24, 2.45) is 0 Å². The third-order valence-electron chi connectivity index (χ3n) is 4.98. The molecule has 142 valence electrons. The number of anilines is 1. The van der Waals surface area contributed by atoms with Gasteiger partial charge in [0.1, 0.15) is 5.82 Å². The zero-order chi connectivity index (χ0) is 19.4. The lowest BCUT2D eigenvalue weighted by Crippen LogP contribution is -2.49. The highest BCUT2D eigenvalue weighted by molar-refractivity contribution is 5.94. The number of amides is 1. The maximum absolute atomic E-state index is 12.7. The second-order valence-electron chi connectivity index (χ2n) is 6.62. The Morgan fingerprint density at radius 3 is 2.26 bits per heavy atom. The number of hydrogen-bond acceptors (Lipinski definition) is 5. The molecule has 2 aromatic rings. The minimum absolute atomic E-state index is 0.0717. The van der Waals surface area contributed by atoms with Gasteiger partial charge >= 0.3 is 5.97 Å². The summed E-state index contributed by atoms with van der Waals surface area (Å²) >= 11 is 0. The van der Waals surface area contributed by atoms with Gasteiger partial charge in [-0.2, -0.15) is 0 Å². The first-order valence-corrected chi connectivity index (χ1v) is 9.22. The van der Waals surface area contributed by atoms with Gasteiger partial charge in [0, 0.05) is 31.7 Å². The number of carbonyl (C=O) groups excluding carboxylic acids is 2. The normalized spacial score (nSPS) is 14.2. The molecular formula is C21H25N3O3. The van der Waals surface area contributed by atoms with Crippen LogP contribution >= 0.6 is 0 Å². The summed E-state index contributed by atoms with van der Waals surface area (Å²) in [5, 5.41) is 0. The molecule has 1 fully saturated rings. The minimum Gasteiger partial charge on any atom is -0.465 e. The first kappa shape index (κ1) is 18.9. The van der Waals surface area contributed by atoms with Crippen LogP contribution in [0.5, 0.6) is 0 Å². The molecular weight excluding hydrogens is 342 g/mol. The van der Waals surface area contributed by atoms with Crippen LogP contribution in [0.3, 0.4) is 0 Å². The Hall–Kier alpha value is -2.89. The lowest BCUT2D eigenvalue weighted by molar-refractivity contribution is 0.0598. The number of pyridine rings is 1. The van der Waals surface area contributed by atoms with E-state index in [0.717, 1.165) is 17.8 Å². The van der Waals surface area contributed by atoms with Crippen LogP contribution in [0.2, 0.25) is 0 Å². The minimum atomic E-state index is -0.379. The zero-order valence-electron chi connectivity index (χ0n) is 16.1. The Labute approximate surface area is 159 Å². The van der Waals surface area contributed by atoms with Crippen molar-refractivity contribution in [3.05, 3.63) is 58.8 Å². The molecule has 1 aromatic carbocycles. The number of ether oxygens (including phenoxy) is 1. The number of rotatable bonds is 4. The number of methoxy groups -OCH3 is 1. The molecule has 1 aliphatic heterocycles. The average molecular weight is 367 g/mol. The van der Waals surface area contributed by atoms with Crippen LogP contribution in [0.25, 0.3) is 0 Å². The maximum Gasteiger partial charge on any atom is 0.339 e. The van der Waals surface area contributed by atoms with Gasteiger partial charge in [0.2, 0.25) is 0 Å². The highest BCUT2D eigenvalue weighted by atomic mass is 16.5. The predicted molar refractivity (Wildman–Crippen MR) is 104 cm³/mol.